The van der Waals surface area contributed by atoms with E-state index in [4.69, 9.17) is 14.2 Å². The Bertz CT molecular complexity index is 801. The number of carbonyl (C=O) groups excluding carboxylic acids is 1. The van der Waals surface area contributed by atoms with E-state index >= 15 is 0 Å². The van der Waals surface area contributed by atoms with Gasteiger partial charge in [0.1, 0.15) is 18.1 Å². The smallest absolute Gasteiger partial charge is 0.265 e. The summed E-state index contributed by atoms with van der Waals surface area (Å²) in [6.45, 7) is 7.41. The first-order valence-electron chi connectivity index (χ1n) is 10.5. The highest BCUT2D eigenvalue weighted by molar-refractivity contribution is 5.94. The average molecular weight is 398 g/mol. The van der Waals surface area contributed by atoms with Crippen LogP contribution in [0.2, 0.25) is 0 Å². The standard InChI is InChI=1S/C24H31NO4/c1-4-17(2)22-12-5-6-13-23(22)29-18(3)24(26)25-19-9-7-10-20(15-19)28-16-21-11-8-14-27-21/h5-7,9-10,12-13,15,17-18,21H,4,8,11,14,16H2,1-3H3,(H,25,26). The Hall–Kier alpha value is -2.53. The molecule has 0 spiro atoms. The molecule has 3 unspecified atom stereocenters. The number of rotatable bonds is 9. The second kappa shape index (κ2) is 10.3. The summed E-state index contributed by atoms with van der Waals surface area (Å²) in [4.78, 5) is 12.6. The molecule has 1 amide bonds. The van der Waals surface area contributed by atoms with Gasteiger partial charge < -0.3 is 19.5 Å². The van der Waals surface area contributed by atoms with Crippen molar-refractivity contribution in [2.75, 3.05) is 18.5 Å². The predicted molar refractivity (Wildman–Crippen MR) is 115 cm³/mol. The van der Waals surface area contributed by atoms with Crippen molar-refractivity contribution in [3.8, 4) is 11.5 Å². The molecule has 0 saturated carbocycles. The van der Waals surface area contributed by atoms with Crippen LogP contribution in [0.25, 0.3) is 0 Å². The van der Waals surface area contributed by atoms with Crippen LogP contribution in [0.5, 0.6) is 11.5 Å². The molecule has 1 N–H and O–H groups in total. The molecule has 0 bridgehead atoms. The number of hydrogen-bond donors (Lipinski definition) is 1. The van der Waals surface area contributed by atoms with E-state index in [9.17, 15) is 4.79 Å². The van der Waals surface area contributed by atoms with Crippen molar-refractivity contribution in [3.63, 3.8) is 0 Å². The quantitative estimate of drug-likeness (QED) is 0.635. The maximum Gasteiger partial charge on any atom is 0.265 e. The van der Waals surface area contributed by atoms with Crippen LogP contribution in [-0.4, -0.2) is 31.3 Å². The van der Waals surface area contributed by atoms with Crippen molar-refractivity contribution in [3.05, 3.63) is 54.1 Å². The lowest BCUT2D eigenvalue weighted by atomic mass is 9.98. The lowest BCUT2D eigenvalue weighted by Crippen LogP contribution is -2.30. The first kappa shape index (κ1) is 21.2. The fourth-order valence-electron chi connectivity index (χ4n) is 3.33. The number of nitrogens with one attached hydrogen (secondary N) is 1. The van der Waals surface area contributed by atoms with Crippen molar-refractivity contribution < 1.29 is 19.0 Å². The van der Waals surface area contributed by atoms with E-state index in [1.54, 1.807) is 6.92 Å². The third-order valence-electron chi connectivity index (χ3n) is 5.30. The molecule has 3 atom stereocenters. The summed E-state index contributed by atoms with van der Waals surface area (Å²) >= 11 is 0. The number of ether oxygens (including phenoxy) is 3. The second-order valence-corrected chi connectivity index (χ2v) is 7.57. The van der Waals surface area contributed by atoms with Gasteiger partial charge in [0.15, 0.2) is 6.10 Å². The summed E-state index contributed by atoms with van der Waals surface area (Å²) in [5.74, 6) is 1.66. The van der Waals surface area contributed by atoms with E-state index in [0.29, 0.717) is 24.0 Å². The van der Waals surface area contributed by atoms with Crippen LogP contribution in [0.4, 0.5) is 5.69 Å². The van der Waals surface area contributed by atoms with Crippen molar-refractivity contribution >= 4 is 11.6 Å². The van der Waals surface area contributed by atoms with Gasteiger partial charge >= 0.3 is 0 Å². The van der Waals surface area contributed by atoms with Crippen molar-refractivity contribution in [2.45, 2.75) is 58.2 Å². The Labute approximate surface area is 173 Å². The largest absolute Gasteiger partial charge is 0.491 e. The van der Waals surface area contributed by atoms with Crippen LogP contribution < -0.4 is 14.8 Å². The number of benzene rings is 2. The molecule has 3 rings (SSSR count). The van der Waals surface area contributed by atoms with Crippen LogP contribution >= 0.6 is 0 Å². The maximum atomic E-state index is 12.6. The molecular formula is C24H31NO4. The monoisotopic (exact) mass is 397 g/mol. The van der Waals surface area contributed by atoms with Crippen molar-refractivity contribution in [1.82, 2.24) is 0 Å². The summed E-state index contributed by atoms with van der Waals surface area (Å²) in [5, 5.41) is 2.92. The SMILES string of the molecule is CCC(C)c1ccccc1OC(C)C(=O)Nc1cccc(OCC2CCCO2)c1. The number of anilines is 1. The van der Waals surface area contributed by atoms with E-state index in [2.05, 4.69) is 25.2 Å². The van der Waals surface area contributed by atoms with E-state index in [1.165, 1.54) is 0 Å². The number of para-hydroxylation sites is 1. The normalized spacial score (nSPS) is 18.1. The summed E-state index contributed by atoms with van der Waals surface area (Å²) in [5.41, 5.74) is 1.81. The van der Waals surface area contributed by atoms with Crippen LogP contribution in [0, 0.1) is 0 Å². The Morgan fingerprint density at radius 1 is 1.21 bits per heavy atom. The lowest BCUT2D eigenvalue weighted by molar-refractivity contribution is -0.122. The Kier molecular flexibility index (Phi) is 7.53. The summed E-state index contributed by atoms with van der Waals surface area (Å²) < 4.78 is 17.4. The zero-order chi connectivity index (χ0) is 20.6. The first-order chi connectivity index (χ1) is 14.1. The molecule has 1 saturated heterocycles. The highest BCUT2D eigenvalue weighted by atomic mass is 16.5. The highest BCUT2D eigenvalue weighted by Crippen LogP contribution is 2.29. The summed E-state index contributed by atoms with van der Waals surface area (Å²) in [7, 11) is 0. The fraction of sp³-hybridized carbons (Fsp3) is 0.458. The minimum absolute atomic E-state index is 0.159. The molecule has 1 heterocycles. The lowest BCUT2D eigenvalue weighted by Gasteiger charge is -2.20. The number of carbonyl (C=O) groups is 1. The third-order valence-corrected chi connectivity index (χ3v) is 5.30. The van der Waals surface area contributed by atoms with E-state index in [0.717, 1.165) is 37.2 Å². The van der Waals surface area contributed by atoms with Gasteiger partial charge in [0.2, 0.25) is 0 Å². The molecule has 1 fully saturated rings. The topological polar surface area (TPSA) is 56.8 Å². The van der Waals surface area contributed by atoms with Gasteiger partial charge in [-0.05, 0) is 55.9 Å². The van der Waals surface area contributed by atoms with Crippen LogP contribution in [0.15, 0.2) is 48.5 Å². The molecule has 1 aliphatic rings. The number of hydrogen-bond acceptors (Lipinski definition) is 4. The Morgan fingerprint density at radius 2 is 2.03 bits per heavy atom. The second-order valence-electron chi connectivity index (χ2n) is 7.57. The molecule has 1 aliphatic heterocycles. The third kappa shape index (κ3) is 5.97. The van der Waals surface area contributed by atoms with Gasteiger partial charge in [-0.25, -0.2) is 0 Å². The van der Waals surface area contributed by atoms with Gasteiger partial charge in [-0.2, -0.15) is 0 Å². The molecule has 0 aliphatic carbocycles. The van der Waals surface area contributed by atoms with Gasteiger partial charge in [-0.1, -0.05) is 38.1 Å². The minimum atomic E-state index is -0.614. The van der Waals surface area contributed by atoms with Crippen LogP contribution in [0.3, 0.4) is 0 Å². The molecular weight excluding hydrogens is 366 g/mol. The predicted octanol–water partition coefficient (Wildman–Crippen LogP) is 5.16. The zero-order valence-corrected chi connectivity index (χ0v) is 17.5. The number of amides is 1. The van der Waals surface area contributed by atoms with Crippen molar-refractivity contribution in [1.29, 1.82) is 0 Å². The zero-order valence-electron chi connectivity index (χ0n) is 17.5. The summed E-state index contributed by atoms with van der Waals surface area (Å²) in [6, 6.07) is 15.3. The summed E-state index contributed by atoms with van der Waals surface area (Å²) in [6.07, 6.45) is 2.68. The van der Waals surface area contributed by atoms with Crippen LogP contribution in [0.1, 0.15) is 51.5 Å². The van der Waals surface area contributed by atoms with Crippen LogP contribution in [-0.2, 0) is 9.53 Å². The molecule has 5 heteroatoms. The van der Waals surface area contributed by atoms with E-state index in [1.807, 2.05) is 42.5 Å². The van der Waals surface area contributed by atoms with E-state index < -0.39 is 6.10 Å². The Morgan fingerprint density at radius 3 is 2.79 bits per heavy atom. The minimum Gasteiger partial charge on any atom is -0.491 e. The maximum absolute atomic E-state index is 12.6. The molecule has 156 valence electrons. The van der Waals surface area contributed by atoms with Gasteiger partial charge in [0.05, 0.1) is 6.10 Å². The van der Waals surface area contributed by atoms with Gasteiger partial charge in [0.25, 0.3) is 5.91 Å². The average Bonchev–Trinajstić information content (AvgIpc) is 3.26. The van der Waals surface area contributed by atoms with Gasteiger partial charge in [-0.15, -0.1) is 0 Å². The highest BCUT2D eigenvalue weighted by Gasteiger charge is 2.19. The first-order valence-corrected chi connectivity index (χ1v) is 10.5. The van der Waals surface area contributed by atoms with E-state index in [-0.39, 0.29) is 12.0 Å². The Balaban J connectivity index is 1.58. The molecule has 2 aromatic rings. The van der Waals surface area contributed by atoms with Gasteiger partial charge in [-0.3, -0.25) is 4.79 Å². The molecule has 0 radical (unpaired) electrons. The van der Waals surface area contributed by atoms with Gasteiger partial charge in [0, 0.05) is 18.4 Å². The fourth-order valence-corrected chi connectivity index (χ4v) is 3.33. The molecule has 29 heavy (non-hydrogen) atoms. The molecule has 0 aromatic heterocycles. The molecule has 2 aromatic carbocycles. The molecule has 5 nitrogen and oxygen atoms in total. The van der Waals surface area contributed by atoms with Crippen molar-refractivity contribution in [2.24, 2.45) is 0 Å².